The van der Waals surface area contributed by atoms with E-state index in [2.05, 4.69) is 54.3 Å². The van der Waals surface area contributed by atoms with E-state index in [9.17, 15) is 0 Å². The van der Waals surface area contributed by atoms with Gasteiger partial charge in [0.25, 0.3) is 0 Å². The fraction of sp³-hybridized carbons (Fsp3) is 0.600. The maximum atomic E-state index is 4.99. The van der Waals surface area contributed by atoms with Gasteiger partial charge in [-0.3, -0.25) is 4.90 Å². The van der Waals surface area contributed by atoms with Gasteiger partial charge in [0.15, 0.2) is 5.16 Å². The molecule has 3 heterocycles. The number of fused-ring (bicyclic) bond motifs is 1. The maximum Gasteiger partial charge on any atom is 0.197 e. The molecule has 6 nitrogen and oxygen atoms in total. The van der Waals surface area contributed by atoms with Gasteiger partial charge in [0, 0.05) is 22.7 Å². The molecule has 1 aliphatic carbocycles. The third-order valence-electron chi connectivity index (χ3n) is 5.49. The summed E-state index contributed by atoms with van der Waals surface area (Å²) in [5, 5.41) is 12.1. The SMILES string of the molecule is CCN(CC)Cc1nc(Sc2nnc(C3CC3)n2CC)c2c(C)c(C)sc2n1. The van der Waals surface area contributed by atoms with Crippen LogP contribution in [0.1, 0.15) is 61.6 Å². The monoisotopic (exact) mass is 416 g/mol. The molecule has 0 spiro atoms. The Morgan fingerprint density at radius 2 is 1.86 bits per heavy atom. The lowest BCUT2D eigenvalue weighted by Gasteiger charge is -2.17. The number of aryl methyl sites for hydroxylation is 2. The molecule has 4 rings (SSSR count). The van der Waals surface area contributed by atoms with Gasteiger partial charge < -0.3 is 4.57 Å². The molecule has 3 aromatic rings. The lowest BCUT2D eigenvalue weighted by atomic mass is 10.2. The van der Waals surface area contributed by atoms with Crippen molar-refractivity contribution in [2.24, 2.45) is 0 Å². The standard InChI is InChI=1S/C20H28N6S2/c1-6-25(7-2)11-15-21-18-16(12(4)13(5)27-18)19(22-15)28-20-24-23-17(14-9-10-14)26(20)8-3/h14H,6-11H2,1-5H3. The molecule has 0 aromatic carbocycles. The zero-order valence-corrected chi connectivity index (χ0v) is 19.0. The van der Waals surface area contributed by atoms with Crippen LogP contribution < -0.4 is 0 Å². The van der Waals surface area contributed by atoms with E-state index >= 15 is 0 Å². The predicted molar refractivity (Wildman–Crippen MR) is 115 cm³/mol. The molecule has 8 heteroatoms. The summed E-state index contributed by atoms with van der Waals surface area (Å²) in [7, 11) is 0. The van der Waals surface area contributed by atoms with Crippen molar-refractivity contribution in [3.05, 3.63) is 22.1 Å². The van der Waals surface area contributed by atoms with Crippen molar-refractivity contribution < 1.29 is 0 Å². The van der Waals surface area contributed by atoms with Crippen molar-refractivity contribution in [1.29, 1.82) is 0 Å². The summed E-state index contributed by atoms with van der Waals surface area (Å²) in [6.07, 6.45) is 2.47. The Hall–Kier alpha value is -1.51. The molecule has 0 bridgehead atoms. The minimum absolute atomic E-state index is 0.593. The van der Waals surface area contributed by atoms with Crippen molar-refractivity contribution in [3.8, 4) is 0 Å². The summed E-state index contributed by atoms with van der Waals surface area (Å²) < 4.78 is 2.26. The first-order chi connectivity index (χ1) is 13.5. The quantitative estimate of drug-likeness (QED) is 0.492. The van der Waals surface area contributed by atoms with Crippen molar-refractivity contribution in [2.45, 2.75) is 76.7 Å². The van der Waals surface area contributed by atoms with E-state index in [0.29, 0.717) is 5.92 Å². The van der Waals surface area contributed by atoms with Crippen molar-refractivity contribution in [2.75, 3.05) is 13.1 Å². The van der Waals surface area contributed by atoms with Crippen LogP contribution in [0.4, 0.5) is 0 Å². The van der Waals surface area contributed by atoms with Crippen LogP contribution in [0.25, 0.3) is 10.2 Å². The lowest BCUT2D eigenvalue weighted by Crippen LogP contribution is -2.23. The molecule has 0 unspecified atom stereocenters. The normalized spacial score (nSPS) is 14.5. The highest BCUT2D eigenvalue weighted by atomic mass is 32.2. The molecular formula is C20H28N6S2. The second-order valence-electron chi connectivity index (χ2n) is 7.33. The smallest absolute Gasteiger partial charge is 0.197 e. The van der Waals surface area contributed by atoms with Crippen LogP contribution in [0.2, 0.25) is 0 Å². The van der Waals surface area contributed by atoms with E-state index in [-0.39, 0.29) is 0 Å². The van der Waals surface area contributed by atoms with Crippen molar-refractivity contribution in [1.82, 2.24) is 29.6 Å². The Morgan fingerprint density at radius 1 is 1.11 bits per heavy atom. The number of nitrogens with zero attached hydrogens (tertiary/aromatic N) is 6. The number of hydrogen-bond donors (Lipinski definition) is 0. The lowest BCUT2D eigenvalue weighted by molar-refractivity contribution is 0.288. The Bertz CT molecular complexity index is 984. The van der Waals surface area contributed by atoms with E-state index in [1.165, 1.54) is 28.7 Å². The maximum absolute atomic E-state index is 4.99. The molecule has 1 aliphatic rings. The number of rotatable bonds is 8. The van der Waals surface area contributed by atoms with E-state index in [0.717, 1.165) is 52.8 Å². The third kappa shape index (κ3) is 3.69. The minimum atomic E-state index is 0.593. The number of aromatic nitrogens is 5. The zero-order valence-electron chi connectivity index (χ0n) is 17.3. The fourth-order valence-corrected chi connectivity index (χ4v) is 5.65. The van der Waals surface area contributed by atoms with Crippen LogP contribution in [0.3, 0.4) is 0 Å². The Kier molecular flexibility index (Phi) is 5.71. The topological polar surface area (TPSA) is 59.7 Å². The molecule has 0 saturated heterocycles. The van der Waals surface area contributed by atoms with Crippen LogP contribution in [0.5, 0.6) is 0 Å². The second kappa shape index (κ2) is 8.08. The van der Waals surface area contributed by atoms with Crippen LogP contribution in [0, 0.1) is 13.8 Å². The molecule has 0 N–H and O–H groups in total. The van der Waals surface area contributed by atoms with Crippen molar-refractivity contribution in [3.63, 3.8) is 0 Å². The average molecular weight is 417 g/mol. The Balaban J connectivity index is 1.76. The molecule has 0 atom stereocenters. The first kappa shape index (κ1) is 19.8. The second-order valence-corrected chi connectivity index (χ2v) is 9.49. The Labute approximate surface area is 174 Å². The molecule has 3 aromatic heterocycles. The first-order valence-corrected chi connectivity index (χ1v) is 11.8. The van der Waals surface area contributed by atoms with Crippen LogP contribution in [-0.2, 0) is 13.1 Å². The third-order valence-corrected chi connectivity index (χ3v) is 7.57. The minimum Gasteiger partial charge on any atom is -0.306 e. The van der Waals surface area contributed by atoms with Gasteiger partial charge in [0.2, 0.25) is 0 Å². The van der Waals surface area contributed by atoms with Gasteiger partial charge in [-0.2, -0.15) is 0 Å². The summed E-state index contributed by atoms with van der Waals surface area (Å²) in [5.41, 5.74) is 1.28. The summed E-state index contributed by atoms with van der Waals surface area (Å²) >= 11 is 3.41. The zero-order chi connectivity index (χ0) is 19.8. The van der Waals surface area contributed by atoms with E-state index in [1.54, 1.807) is 23.1 Å². The van der Waals surface area contributed by atoms with Crippen LogP contribution in [0.15, 0.2) is 10.2 Å². The molecule has 150 valence electrons. The average Bonchev–Trinajstić information content (AvgIpc) is 3.39. The van der Waals surface area contributed by atoms with E-state index in [1.807, 2.05) is 0 Å². The Morgan fingerprint density at radius 3 is 2.50 bits per heavy atom. The summed E-state index contributed by atoms with van der Waals surface area (Å²) in [4.78, 5) is 14.6. The molecule has 1 saturated carbocycles. The van der Waals surface area contributed by atoms with Gasteiger partial charge in [-0.25, -0.2) is 9.97 Å². The van der Waals surface area contributed by atoms with Gasteiger partial charge in [-0.05, 0) is 64.0 Å². The summed E-state index contributed by atoms with van der Waals surface area (Å²) in [5.74, 6) is 2.62. The summed E-state index contributed by atoms with van der Waals surface area (Å²) in [6.45, 7) is 14.5. The van der Waals surface area contributed by atoms with E-state index < -0.39 is 0 Å². The van der Waals surface area contributed by atoms with Crippen LogP contribution >= 0.6 is 23.1 Å². The summed E-state index contributed by atoms with van der Waals surface area (Å²) in [6, 6.07) is 0. The van der Waals surface area contributed by atoms with Gasteiger partial charge in [0.1, 0.15) is 21.5 Å². The molecule has 0 amide bonds. The molecular weight excluding hydrogens is 388 g/mol. The molecule has 1 fully saturated rings. The predicted octanol–water partition coefficient (Wildman–Crippen LogP) is 4.79. The highest BCUT2D eigenvalue weighted by molar-refractivity contribution is 7.99. The van der Waals surface area contributed by atoms with Gasteiger partial charge in [-0.15, -0.1) is 21.5 Å². The van der Waals surface area contributed by atoms with Crippen molar-refractivity contribution >= 4 is 33.3 Å². The van der Waals surface area contributed by atoms with E-state index in [4.69, 9.17) is 9.97 Å². The highest BCUT2D eigenvalue weighted by Crippen LogP contribution is 2.42. The van der Waals surface area contributed by atoms with Gasteiger partial charge in [-0.1, -0.05) is 13.8 Å². The fourth-order valence-electron chi connectivity index (χ4n) is 3.45. The van der Waals surface area contributed by atoms with Gasteiger partial charge >= 0.3 is 0 Å². The van der Waals surface area contributed by atoms with Gasteiger partial charge in [0.05, 0.1) is 6.54 Å². The molecule has 0 aliphatic heterocycles. The van der Waals surface area contributed by atoms with Crippen LogP contribution in [-0.4, -0.2) is 42.7 Å². The molecule has 28 heavy (non-hydrogen) atoms. The first-order valence-electron chi connectivity index (χ1n) is 10.2. The highest BCUT2D eigenvalue weighted by Gasteiger charge is 2.30. The number of hydrogen-bond acceptors (Lipinski definition) is 7. The largest absolute Gasteiger partial charge is 0.306 e. The number of thiophene rings is 1. The molecule has 0 radical (unpaired) electrons.